The fraction of sp³-hybridized carbons (Fsp3) is 0.774. The first-order valence-electron chi connectivity index (χ1n) is 15.1. The fourth-order valence-corrected chi connectivity index (χ4v) is 6.65. The second kappa shape index (κ2) is 12.9. The molecule has 0 radical (unpaired) electrons. The predicted octanol–water partition coefficient (Wildman–Crippen LogP) is 3.35. The molecule has 3 rings (SSSR count). The van der Waals surface area contributed by atoms with Crippen molar-refractivity contribution in [3.8, 4) is 0 Å². The smallest absolute Gasteiger partial charge is 0.408 e. The van der Waals surface area contributed by atoms with Gasteiger partial charge in [0, 0.05) is 13.1 Å². The summed E-state index contributed by atoms with van der Waals surface area (Å²) in [5.74, 6) is -2.19. The van der Waals surface area contributed by atoms with Crippen LogP contribution < -0.4 is 16.0 Å². The number of likely N-dealkylation sites (tertiary alicyclic amines) is 1. The highest BCUT2D eigenvalue weighted by Crippen LogP contribution is 2.65. The molecule has 1 heterocycles. The molecule has 0 aromatic rings. The highest BCUT2D eigenvalue weighted by Gasteiger charge is 2.69. The Balaban J connectivity index is 1.85. The molecule has 230 valence electrons. The number of alkyl carbamates (subject to hydrolysis) is 1. The van der Waals surface area contributed by atoms with Gasteiger partial charge in [0.25, 0.3) is 5.91 Å². The molecule has 0 aromatic heterocycles. The van der Waals surface area contributed by atoms with Crippen molar-refractivity contribution in [2.24, 2.45) is 29.1 Å². The van der Waals surface area contributed by atoms with E-state index in [1.54, 1.807) is 25.7 Å². The van der Waals surface area contributed by atoms with Crippen LogP contribution >= 0.6 is 0 Å². The van der Waals surface area contributed by atoms with Gasteiger partial charge in [0.15, 0.2) is 0 Å². The number of Topliss-reactive ketones (excluding diaryl/α,β-unsaturated/α-hetero) is 1. The summed E-state index contributed by atoms with van der Waals surface area (Å²) in [6.45, 7) is 17.4. The second-order valence-corrected chi connectivity index (χ2v) is 14.0. The lowest BCUT2D eigenvalue weighted by atomic mass is 9.83. The van der Waals surface area contributed by atoms with Gasteiger partial charge in [-0.2, -0.15) is 0 Å². The lowest BCUT2D eigenvalue weighted by molar-refractivity contribution is -0.145. The molecule has 2 unspecified atom stereocenters. The molecule has 10 heteroatoms. The highest BCUT2D eigenvalue weighted by atomic mass is 16.6. The fourth-order valence-electron chi connectivity index (χ4n) is 6.65. The largest absolute Gasteiger partial charge is 0.444 e. The van der Waals surface area contributed by atoms with Gasteiger partial charge in [-0.1, -0.05) is 53.0 Å². The zero-order valence-corrected chi connectivity index (χ0v) is 25.9. The van der Waals surface area contributed by atoms with Crippen LogP contribution in [0.1, 0.15) is 87.0 Å². The molecular weight excluding hydrogens is 524 g/mol. The topological polar surface area (TPSA) is 134 Å². The van der Waals surface area contributed by atoms with Gasteiger partial charge in [-0.25, -0.2) is 4.79 Å². The average Bonchev–Trinajstić information content (AvgIpc) is 3.21. The van der Waals surface area contributed by atoms with Crippen molar-refractivity contribution in [3.63, 3.8) is 0 Å². The van der Waals surface area contributed by atoms with E-state index >= 15 is 0 Å². The normalized spacial score (nSPS) is 25.0. The summed E-state index contributed by atoms with van der Waals surface area (Å²) >= 11 is 0. The Morgan fingerprint density at radius 3 is 2.24 bits per heavy atom. The minimum atomic E-state index is -1.01. The summed E-state index contributed by atoms with van der Waals surface area (Å²) in [4.78, 5) is 68.0. The number of amides is 4. The minimum absolute atomic E-state index is 0.0385. The van der Waals surface area contributed by atoms with Gasteiger partial charge in [-0.15, -0.1) is 6.58 Å². The van der Waals surface area contributed by atoms with Crippen LogP contribution in [0.15, 0.2) is 12.7 Å². The summed E-state index contributed by atoms with van der Waals surface area (Å²) in [6.07, 6.45) is 5.75. The Hall–Kier alpha value is -2.91. The van der Waals surface area contributed by atoms with Crippen LogP contribution in [0.5, 0.6) is 0 Å². The second-order valence-electron chi connectivity index (χ2n) is 14.0. The van der Waals surface area contributed by atoms with Crippen molar-refractivity contribution in [2.75, 3.05) is 13.1 Å². The summed E-state index contributed by atoms with van der Waals surface area (Å²) < 4.78 is 5.49. The highest BCUT2D eigenvalue weighted by molar-refractivity contribution is 6.38. The van der Waals surface area contributed by atoms with Crippen LogP contribution in [0.2, 0.25) is 0 Å². The Morgan fingerprint density at radius 2 is 1.68 bits per heavy atom. The first-order chi connectivity index (χ1) is 19.1. The van der Waals surface area contributed by atoms with Gasteiger partial charge < -0.3 is 25.6 Å². The van der Waals surface area contributed by atoms with Crippen molar-refractivity contribution >= 4 is 29.6 Å². The van der Waals surface area contributed by atoms with E-state index in [1.807, 2.05) is 13.8 Å². The van der Waals surface area contributed by atoms with Crippen LogP contribution in [0.3, 0.4) is 0 Å². The third-order valence-electron chi connectivity index (χ3n) is 8.79. The van der Waals surface area contributed by atoms with E-state index in [4.69, 9.17) is 4.74 Å². The number of ether oxygens (including phenoxy) is 1. The molecule has 41 heavy (non-hydrogen) atoms. The molecule has 0 bridgehead atoms. The number of nitrogens with one attached hydrogen (secondary N) is 3. The Labute approximate surface area is 244 Å². The lowest BCUT2D eigenvalue weighted by Gasteiger charge is -2.37. The molecule has 3 aliphatic rings. The Morgan fingerprint density at radius 1 is 1.05 bits per heavy atom. The number of fused-ring (bicyclic) bond motifs is 1. The van der Waals surface area contributed by atoms with Gasteiger partial charge in [-0.05, 0) is 69.1 Å². The van der Waals surface area contributed by atoms with Gasteiger partial charge in [-0.3, -0.25) is 19.2 Å². The molecule has 4 amide bonds. The maximum absolute atomic E-state index is 14.2. The summed E-state index contributed by atoms with van der Waals surface area (Å²) in [5, 5.41) is 8.18. The molecule has 10 nitrogen and oxygen atoms in total. The molecule has 0 spiro atoms. The number of hydrogen-bond acceptors (Lipinski definition) is 6. The molecular formula is C31H50N4O6. The van der Waals surface area contributed by atoms with Gasteiger partial charge in [0.1, 0.15) is 17.7 Å². The Bertz CT molecular complexity index is 1030. The van der Waals surface area contributed by atoms with Crippen molar-refractivity contribution < 1.29 is 28.7 Å². The molecule has 5 atom stereocenters. The summed E-state index contributed by atoms with van der Waals surface area (Å²) in [6, 6.07) is -2.62. The molecule has 1 aliphatic heterocycles. The quantitative estimate of drug-likeness (QED) is 0.256. The molecule has 2 aliphatic carbocycles. The first kappa shape index (κ1) is 32.6. The van der Waals surface area contributed by atoms with Crippen molar-refractivity contribution in [1.82, 2.24) is 20.9 Å². The minimum Gasteiger partial charge on any atom is -0.444 e. The van der Waals surface area contributed by atoms with Gasteiger partial charge >= 0.3 is 6.09 Å². The summed E-state index contributed by atoms with van der Waals surface area (Å²) in [5.41, 5.74) is -0.863. The van der Waals surface area contributed by atoms with Gasteiger partial charge in [0.2, 0.25) is 17.6 Å². The number of ketones is 1. The van der Waals surface area contributed by atoms with Gasteiger partial charge in [0.05, 0.1) is 6.04 Å². The van der Waals surface area contributed by atoms with E-state index in [9.17, 15) is 24.0 Å². The number of rotatable bonds is 11. The number of carbonyl (C=O) groups is 5. The summed E-state index contributed by atoms with van der Waals surface area (Å²) in [7, 11) is 0. The number of nitrogens with zero attached hydrogens (tertiary/aromatic N) is 1. The molecule has 3 N–H and O–H groups in total. The average molecular weight is 575 g/mol. The molecule has 3 fully saturated rings. The van der Waals surface area contributed by atoms with E-state index in [0.717, 1.165) is 32.1 Å². The predicted molar refractivity (Wildman–Crippen MR) is 156 cm³/mol. The molecule has 1 saturated heterocycles. The monoisotopic (exact) mass is 574 g/mol. The maximum Gasteiger partial charge on any atom is 0.408 e. The van der Waals surface area contributed by atoms with E-state index in [1.165, 1.54) is 6.08 Å². The van der Waals surface area contributed by atoms with Crippen molar-refractivity contribution in [1.29, 1.82) is 0 Å². The van der Waals surface area contributed by atoms with E-state index in [0.29, 0.717) is 6.54 Å². The van der Waals surface area contributed by atoms with Crippen LogP contribution in [0.25, 0.3) is 0 Å². The third kappa shape index (κ3) is 7.89. The zero-order chi connectivity index (χ0) is 30.7. The van der Waals surface area contributed by atoms with Crippen LogP contribution in [0.4, 0.5) is 4.79 Å². The van der Waals surface area contributed by atoms with Crippen LogP contribution in [-0.2, 0) is 23.9 Å². The number of piperidine rings is 1. The van der Waals surface area contributed by atoms with Crippen molar-refractivity contribution in [2.45, 2.75) is 111 Å². The Kier molecular flexibility index (Phi) is 10.3. The third-order valence-corrected chi connectivity index (χ3v) is 8.79. The molecule has 0 aromatic carbocycles. The van der Waals surface area contributed by atoms with E-state index < -0.39 is 47.4 Å². The zero-order valence-electron chi connectivity index (χ0n) is 25.9. The van der Waals surface area contributed by atoms with Crippen LogP contribution in [0, 0.1) is 29.1 Å². The number of hydrogen-bond donors (Lipinski definition) is 3. The SMILES string of the molecule is C=CCNC(=O)C(=O)C(CC(C)C)NC(=O)[C@@H]1[C@@H]2C(CN1C(=O)[C@@H](NC(=O)OC(C)(C)C)C1CCCCC1)C2(C)C. The molecule has 2 saturated carbocycles. The van der Waals surface area contributed by atoms with E-state index in [2.05, 4.69) is 36.4 Å². The van der Waals surface area contributed by atoms with E-state index in [-0.39, 0.29) is 48.0 Å². The van der Waals surface area contributed by atoms with Crippen LogP contribution in [-0.4, -0.2) is 71.3 Å². The standard InChI is InChI=1S/C31H50N4O6/c1-9-15-32-27(38)25(36)21(16-18(2)3)33-26(37)24-22-20(31(22,7)8)17-35(24)28(39)23(19-13-11-10-12-14-19)34-29(40)41-30(4,5)6/h9,18-24H,1,10-17H2,2-8H3,(H,32,38)(H,33,37)(H,34,40)/t20?,21?,22-,23-,24-/m0/s1. The lowest BCUT2D eigenvalue weighted by Crippen LogP contribution is -2.60. The maximum atomic E-state index is 14.2. The van der Waals surface area contributed by atoms with Crippen molar-refractivity contribution in [3.05, 3.63) is 12.7 Å². The number of carbonyl (C=O) groups excluding carboxylic acids is 5. The first-order valence-corrected chi connectivity index (χ1v) is 15.1.